The van der Waals surface area contributed by atoms with Crippen LogP contribution in [0.5, 0.6) is 0 Å². The molecule has 0 radical (unpaired) electrons. The van der Waals surface area contributed by atoms with Crippen LogP contribution in [0.2, 0.25) is 0 Å². The highest BCUT2D eigenvalue weighted by molar-refractivity contribution is 6.05. The van der Waals surface area contributed by atoms with Gasteiger partial charge in [-0.3, -0.25) is 9.48 Å². The van der Waals surface area contributed by atoms with Crippen LogP contribution < -0.4 is 5.32 Å². The number of benzene rings is 2. The average Bonchev–Trinajstić information content (AvgIpc) is 3.04. The van der Waals surface area contributed by atoms with Crippen molar-refractivity contribution in [2.45, 2.75) is 20.4 Å². The molecule has 0 fully saturated rings. The SMILES string of the molecule is Cc1ccc(C)c(C(=O)Nc2ccc(Cn3cccn3)cc2)c1. The van der Waals surface area contributed by atoms with Crippen molar-refractivity contribution in [3.63, 3.8) is 0 Å². The van der Waals surface area contributed by atoms with Crippen molar-refractivity contribution in [3.05, 3.63) is 83.2 Å². The summed E-state index contributed by atoms with van der Waals surface area (Å²) in [6.45, 7) is 4.65. The highest BCUT2D eigenvalue weighted by atomic mass is 16.1. The van der Waals surface area contributed by atoms with Crippen LogP contribution in [0.25, 0.3) is 0 Å². The number of hydrogen-bond donors (Lipinski definition) is 1. The molecule has 4 heteroatoms. The predicted octanol–water partition coefficient (Wildman–Crippen LogP) is 3.80. The molecule has 1 amide bonds. The van der Waals surface area contributed by atoms with Crippen molar-refractivity contribution in [2.24, 2.45) is 0 Å². The number of aryl methyl sites for hydroxylation is 2. The molecule has 0 aliphatic carbocycles. The Bertz CT molecular complexity index is 805. The summed E-state index contributed by atoms with van der Waals surface area (Å²) < 4.78 is 1.86. The molecule has 23 heavy (non-hydrogen) atoms. The monoisotopic (exact) mass is 305 g/mol. The van der Waals surface area contributed by atoms with Crippen molar-refractivity contribution in [1.82, 2.24) is 9.78 Å². The molecule has 4 nitrogen and oxygen atoms in total. The van der Waals surface area contributed by atoms with E-state index in [0.29, 0.717) is 5.56 Å². The van der Waals surface area contributed by atoms with Crippen LogP contribution in [-0.4, -0.2) is 15.7 Å². The second kappa shape index (κ2) is 6.48. The molecule has 1 heterocycles. The maximum absolute atomic E-state index is 12.4. The van der Waals surface area contributed by atoms with Crippen LogP contribution in [0.15, 0.2) is 60.9 Å². The van der Waals surface area contributed by atoms with Gasteiger partial charge >= 0.3 is 0 Å². The van der Waals surface area contributed by atoms with E-state index in [1.165, 1.54) is 0 Å². The van der Waals surface area contributed by atoms with Crippen molar-refractivity contribution in [1.29, 1.82) is 0 Å². The van der Waals surface area contributed by atoms with Gasteiger partial charge in [-0.25, -0.2) is 0 Å². The van der Waals surface area contributed by atoms with Gasteiger partial charge in [0.15, 0.2) is 0 Å². The standard InChI is InChI=1S/C19H19N3O/c1-14-4-5-15(2)18(12-14)19(23)21-17-8-6-16(7-9-17)13-22-11-3-10-20-22/h3-12H,13H2,1-2H3,(H,21,23). The molecule has 1 N–H and O–H groups in total. The number of nitrogens with zero attached hydrogens (tertiary/aromatic N) is 2. The van der Waals surface area contributed by atoms with E-state index < -0.39 is 0 Å². The summed E-state index contributed by atoms with van der Waals surface area (Å²) in [6.07, 6.45) is 3.69. The van der Waals surface area contributed by atoms with E-state index in [1.54, 1.807) is 6.20 Å². The van der Waals surface area contributed by atoms with Gasteiger partial charge in [0.05, 0.1) is 6.54 Å². The number of nitrogens with one attached hydrogen (secondary N) is 1. The first kappa shape index (κ1) is 15.0. The molecule has 0 bridgehead atoms. The first-order valence-corrected chi connectivity index (χ1v) is 7.57. The van der Waals surface area contributed by atoms with Gasteiger partial charge in [0, 0.05) is 23.6 Å². The molecule has 0 unspecified atom stereocenters. The molecule has 0 saturated carbocycles. The van der Waals surface area contributed by atoms with E-state index in [1.807, 2.05) is 73.3 Å². The maximum atomic E-state index is 12.4. The molecule has 2 aromatic carbocycles. The molecule has 3 rings (SSSR count). The summed E-state index contributed by atoms with van der Waals surface area (Å²) >= 11 is 0. The maximum Gasteiger partial charge on any atom is 0.255 e. The molecule has 3 aromatic rings. The predicted molar refractivity (Wildman–Crippen MR) is 91.6 cm³/mol. The molecule has 1 aromatic heterocycles. The lowest BCUT2D eigenvalue weighted by Gasteiger charge is -2.09. The van der Waals surface area contributed by atoms with Crippen LogP contribution in [0.1, 0.15) is 27.0 Å². The van der Waals surface area contributed by atoms with E-state index in [4.69, 9.17) is 0 Å². The fourth-order valence-electron chi connectivity index (χ4n) is 2.45. The summed E-state index contributed by atoms with van der Waals surface area (Å²) in [5, 5.41) is 7.14. The Hall–Kier alpha value is -2.88. The van der Waals surface area contributed by atoms with E-state index in [-0.39, 0.29) is 5.91 Å². The van der Waals surface area contributed by atoms with Crippen LogP contribution in [0.3, 0.4) is 0 Å². The minimum Gasteiger partial charge on any atom is -0.322 e. The van der Waals surface area contributed by atoms with Crippen LogP contribution in [-0.2, 0) is 6.54 Å². The third-order valence-corrected chi connectivity index (χ3v) is 3.75. The third-order valence-electron chi connectivity index (χ3n) is 3.75. The second-order valence-electron chi connectivity index (χ2n) is 5.67. The second-order valence-corrected chi connectivity index (χ2v) is 5.67. The van der Waals surface area contributed by atoms with E-state index in [9.17, 15) is 4.79 Å². The molecular weight excluding hydrogens is 286 g/mol. The first-order valence-electron chi connectivity index (χ1n) is 7.57. The lowest BCUT2D eigenvalue weighted by molar-refractivity contribution is 0.102. The third kappa shape index (κ3) is 3.66. The van der Waals surface area contributed by atoms with Crippen molar-refractivity contribution >= 4 is 11.6 Å². The number of aromatic nitrogens is 2. The Morgan fingerprint density at radius 2 is 1.91 bits per heavy atom. The Morgan fingerprint density at radius 1 is 1.13 bits per heavy atom. The van der Waals surface area contributed by atoms with Gasteiger partial charge in [-0.15, -0.1) is 0 Å². The number of carbonyl (C=O) groups is 1. The highest BCUT2D eigenvalue weighted by Crippen LogP contribution is 2.15. The smallest absolute Gasteiger partial charge is 0.255 e. The summed E-state index contributed by atoms with van der Waals surface area (Å²) in [5.74, 6) is -0.0778. The van der Waals surface area contributed by atoms with E-state index >= 15 is 0 Å². The van der Waals surface area contributed by atoms with Gasteiger partial charge in [0.1, 0.15) is 0 Å². The topological polar surface area (TPSA) is 46.9 Å². The molecule has 0 saturated heterocycles. The van der Waals surface area contributed by atoms with Gasteiger partial charge in [0.25, 0.3) is 5.91 Å². The van der Waals surface area contributed by atoms with Gasteiger partial charge in [0.2, 0.25) is 0 Å². The van der Waals surface area contributed by atoms with E-state index in [0.717, 1.165) is 28.9 Å². The summed E-state index contributed by atoms with van der Waals surface area (Å²) in [6, 6.07) is 15.6. The average molecular weight is 305 g/mol. The molecule has 0 atom stereocenters. The minimum absolute atomic E-state index is 0.0778. The zero-order chi connectivity index (χ0) is 16.2. The normalized spacial score (nSPS) is 10.5. The van der Waals surface area contributed by atoms with Crippen LogP contribution >= 0.6 is 0 Å². The first-order chi connectivity index (χ1) is 11.1. The van der Waals surface area contributed by atoms with Gasteiger partial charge in [-0.1, -0.05) is 29.8 Å². The zero-order valence-electron chi connectivity index (χ0n) is 13.3. The fourth-order valence-corrected chi connectivity index (χ4v) is 2.45. The van der Waals surface area contributed by atoms with Crippen LogP contribution in [0, 0.1) is 13.8 Å². The lowest BCUT2D eigenvalue weighted by atomic mass is 10.0. The van der Waals surface area contributed by atoms with Crippen molar-refractivity contribution in [2.75, 3.05) is 5.32 Å². The fraction of sp³-hybridized carbons (Fsp3) is 0.158. The Morgan fingerprint density at radius 3 is 2.61 bits per heavy atom. The number of rotatable bonds is 4. The molecule has 0 spiro atoms. The lowest BCUT2D eigenvalue weighted by Crippen LogP contribution is -2.13. The molecule has 0 aliphatic heterocycles. The minimum atomic E-state index is -0.0778. The molecular formula is C19H19N3O. The van der Waals surface area contributed by atoms with Gasteiger partial charge in [-0.05, 0) is 49.2 Å². The quantitative estimate of drug-likeness (QED) is 0.797. The Balaban J connectivity index is 1.70. The van der Waals surface area contributed by atoms with Crippen LogP contribution in [0.4, 0.5) is 5.69 Å². The van der Waals surface area contributed by atoms with E-state index in [2.05, 4.69) is 10.4 Å². The number of hydrogen-bond acceptors (Lipinski definition) is 2. The molecule has 116 valence electrons. The van der Waals surface area contributed by atoms with Crippen molar-refractivity contribution < 1.29 is 4.79 Å². The van der Waals surface area contributed by atoms with Gasteiger partial charge < -0.3 is 5.32 Å². The number of anilines is 1. The number of amides is 1. The highest BCUT2D eigenvalue weighted by Gasteiger charge is 2.09. The Kier molecular flexibility index (Phi) is 4.24. The Labute approximate surface area is 135 Å². The summed E-state index contributed by atoms with van der Waals surface area (Å²) in [4.78, 5) is 12.4. The summed E-state index contributed by atoms with van der Waals surface area (Å²) in [5.41, 5.74) is 4.70. The van der Waals surface area contributed by atoms with Crippen molar-refractivity contribution in [3.8, 4) is 0 Å². The van der Waals surface area contributed by atoms with Gasteiger partial charge in [-0.2, -0.15) is 5.10 Å². The molecule has 0 aliphatic rings. The largest absolute Gasteiger partial charge is 0.322 e. The summed E-state index contributed by atoms with van der Waals surface area (Å²) in [7, 11) is 0. The zero-order valence-corrected chi connectivity index (χ0v) is 13.3. The number of carbonyl (C=O) groups excluding carboxylic acids is 1.